The van der Waals surface area contributed by atoms with Crippen molar-refractivity contribution in [2.45, 2.75) is 37.1 Å². The molecule has 1 saturated heterocycles. The minimum Gasteiger partial charge on any atom is -0.351 e. The average molecular weight is 530 g/mol. The quantitative estimate of drug-likeness (QED) is 0.375. The molecule has 0 radical (unpaired) electrons. The Kier molecular flexibility index (Phi) is 8.56. The first-order valence-corrected chi connectivity index (χ1v) is 14.0. The lowest BCUT2D eigenvalue weighted by Gasteiger charge is -2.31. The predicted octanol–water partition coefficient (Wildman–Crippen LogP) is 6.11. The molecule has 0 aromatic heterocycles. The fourth-order valence-corrected chi connectivity index (χ4v) is 5.91. The molecular weight excluding hydrogens is 497 g/mol. The minimum atomic E-state index is -0.321. The number of likely N-dealkylation sites (tertiary alicyclic amines) is 1. The fraction of sp³-hybridized carbons (Fsp3) is 0.290. The monoisotopic (exact) mass is 529 g/mol. The number of nitrogens with one attached hydrogen (secondary N) is 1. The van der Waals surface area contributed by atoms with Gasteiger partial charge < -0.3 is 15.1 Å². The Morgan fingerprint density at radius 3 is 2.42 bits per heavy atom. The number of hydrogen-bond acceptors (Lipinski definition) is 4. The van der Waals surface area contributed by atoms with Gasteiger partial charge in [-0.25, -0.2) is 4.39 Å². The summed E-state index contributed by atoms with van der Waals surface area (Å²) in [7, 11) is 0. The van der Waals surface area contributed by atoms with E-state index in [0.29, 0.717) is 22.7 Å². The standard InChI is InChI=1S/C31H32FN3O2S/c32-26-13-10-24(11-14-26)22-35-27-21-25(30(36)33-16-19-34-17-6-1-2-7-18-34)12-15-28(27)38-29(31(35)37)20-23-8-4-3-5-9-23/h3-5,8-15,20-21H,1-2,6-7,16-19,22H2,(H,33,36). The molecule has 2 aliphatic rings. The summed E-state index contributed by atoms with van der Waals surface area (Å²) in [4.78, 5) is 32.3. The summed E-state index contributed by atoms with van der Waals surface area (Å²) in [5.74, 6) is -0.611. The van der Waals surface area contributed by atoms with E-state index in [2.05, 4.69) is 10.2 Å². The van der Waals surface area contributed by atoms with Crippen LogP contribution in [0.25, 0.3) is 6.08 Å². The van der Waals surface area contributed by atoms with Crippen LogP contribution in [0.15, 0.2) is 82.6 Å². The number of anilines is 1. The maximum absolute atomic E-state index is 13.7. The van der Waals surface area contributed by atoms with E-state index in [1.165, 1.54) is 49.6 Å². The second kappa shape index (κ2) is 12.4. The molecule has 0 unspecified atom stereocenters. The number of nitrogens with zero attached hydrogens (tertiary/aromatic N) is 2. The molecule has 0 spiro atoms. The summed E-state index contributed by atoms with van der Waals surface area (Å²) in [6, 6.07) is 21.4. The van der Waals surface area contributed by atoms with E-state index in [-0.39, 0.29) is 24.2 Å². The molecule has 1 N–H and O–H groups in total. The van der Waals surface area contributed by atoms with Crippen molar-refractivity contribution in [3.63, 3.8) is 0 Å². The summed E-state index contributed by atoms with van der Waals surface area (Å²) >= 11 is 1.41. The van der Waals surface area contributed by atoms with E-state index >= 15 is 0 Å². The highest BCUT2D eigenvalue weighted by Crippen LogP contribution is 2.43. The molecule has 0 aliphatic carbocycles. The molecule has 5 rings (SSSR count). The van der Waals surface area contributed by atoms with Crippen molar-refractivity contribution in [3.05, 3.63) is 100 Å². The maximum Gasteiger partial charge on any atom is 0.265 e. The largest absolute Gasteiger partial charge is 0.351 e. The van der Waals surface area contributed by atoms with E-state index in [9.17, 15) is 14.0 Å². The zero-order valence-corrected chi connectivity index (χ0v) is 22.2. The molecule has 1 fully saturated rings. The summed E-state index contributed by atoms with van der Waals surface area (Å²) in [5.41, 5.74) is 2.96. The van der Waals surface area contributed by atoms with Gasteiger partial charge in [-0.15, -0.1) is 0 Å². The molecule has 0 atom stereocenters. The van der Waals surface area contributed by atoms with Crippen LogP contribution in [-0.4, -0.2) is 42.9 Å². The van der Waals surface area contributed by atoms with Gasteiger partial charge in [0.05, 0.1) is 17.1 Å². The molecule has 0 bridgehead atoms. The van der Waals surface area contributed by atoms with Crippen LogP contribution in [0.1, 0.15) is 47.2 Å². The van der Waals surface area contributed by atoms with Crippen LogP contribution < -0.4 is 10.2 Å². The third-order valence-corrected chi connectivity index (χ3v) is 8.03. The van der Waals surface area contributed by atoms with Crippen molar-refractivity contribution in [1.29, 1.82) is 0 Å². The van der Waals surface area contributed by atoms with Crippen LogP contribution in [0, 0.1) is 5.82 Å². The Hall–Kier alpha value is -3.42. The first kappa shape index (κ1) is 26.2. The molecule has 7 heteroatoms. The second-order valence-electron chi connectivity index (χ2n) is 9.73. The smallest absolute Gasteiger partial charge is 0.265 e. The summed E-state index contributed by atoms with van der Waals surface area (Å²) in [6.07, 6.45) is 6.89. The van der Waals surface area contributed by atoms with Gasteiger partial charge in [0.15, 0.2) is 0 Å². The Bertz CT molecular complexity index is 1300. The highest BCUT2D eigenvalue weighted by atomic mass is 32.2. The first-order chi connectivity index (χ1) is 18.6. The highest BCUT2D eigenvalue weighted by molar-refractivity contribution is 8.04. The summed E-state index contributed by atoms with van der Waals surface area (Å²) in [5, 5.41) is 3.05. The van der Waals surface area contributed by atoms with Crippen LogP contribution in [0.5, 0.6) is 0 Å². The van der Waals surface area contributed by atoms with E-state index in [1.807, 2.05) is 48.5 Å². The lowest BCUT2D eigenvalue weighted by atomic mass is 10.1. The maximum atomic E-state index is 13.7. The van der Waals surface area contributed by atoms with Crippen LogP contribution in [0.3, 0.4) is 0 Å². The van der Waals surface area contributed by atoms with Crippen molar-refractivity contribution >= 4 is 35.3 Å². The molecule has 2 aliphatic heterocycles. The van der Waals surface area contributed by atoms with Crippen molar-refractivity contribution in [3.8, 4) is 0 Å². The van der Waals surface area contributed by atoms with E-state index < -0.39 is 0 Å². The van der Waals surface area contributed by atoms with Gasteiger partial charge in [0.1, 0.15) is 5.82 Å². The Morgan fingerprint density at radius 2 is 1.68 bits per heavy atom. The lowest BCUT2D eigenvalue weighted by Crippen LogP contribution is -2.36. The molecule has 2 heterocycles. The predicted molar refractivity (Wildman–Crippen MR) is 152 cm³/mol. The number of hydrogen-bond donors (Lipinski definition) is 1. The summed E-state index contributed by atoms with van der Waals surface area (Å²) < 4.78 is 13.5. The third-order valence-electron chi connectivity index (χ3n) is 6.95. The zero-order chi connectivity index (χ0) is 26.3. The number of carbonyl (C=O) groups excluding carboxylic acids is 2. The minimum absolute atomic E-state index is 0.144. The number of benzene rings is 3. The SMILES string of the molecule is O=C(NCCN1CCCCCC1)c1ccc2c(c1)N(Cc1ccc(F)cc1)C(=O)C(=Cc1ccccc1)S2. The fourth-order valence-electron chi connectivity index (χ4n) is 4.87. The van der Waals surface area contributed by atoms with Gasteiger partial charge in [-0.2, -0.15) is 0 Å². The Morgan fingerprint density at radius 1 is 0.947 bits per heavy atom. The molecule has 2 amide bonds. The summed E-state index contributed by atoms with van der Waals surface area (Å²) in [6.45, 7) is 3.89. The van der Waals surface area contributed by atoms with Gasteiger partial charge in [0.25, 0.3) is 11.8 Å². The lowest BCUT2D eigenvalue weighted by molar-refractivity contribution is -0.114. The average Bonchev–Trinajstić information content (AvgIpc) is 3.21. The molecule has 0 saturated carbocycles. The van der Waals surface area contributed by atoms with Gasteiger partial charge in [0.2, 0.25) is 0 Å². The van der Waals surface area contributed by atoms with Crippen molar-refractivity contribution < 1.29 is 14.0 Å². The number of fused-ring (bicyclic) bond motifs is 1. The topological polar surface area (TPSA) is 52.7 Å². The normalized spacial score (nSPS) is 17.2. The molecule has 196 valence electrons. The van der Waals surface area contributed by atoms with Crippen LogP contribution in [-0.2, 0) is 11.3 Å². The van der Waals surface area contributed by atoms with Crippen LogP contribution in [0.2, 0.25) is 0 Å². The van der Waals surface area contributed by atoms with E-state index in [4.69, 9.17) is 0 Å². The van der Waals surface area contributed by atoms with Gasteiger partial charge in [-0.05, 0) is 73.5 Å². The first-order valence-electron chi connectivity index (χ1n) is 13.2. The van der Waals surface area contributed by atoms with E-state index in [1.54, 1.807) is 23.1 Å². The van der Waals surface area contributed by atoms with Gasteiger partial charge >= 0.3 is 0 Å². The highest BCUT2D eigenvalue weighted by Gasteiger charge is 2.30. The number of halogens is 1. The number of carbonyl (C=O) groups is 2. The van der Waals surface area contributed by atoms with Gasteiger partial charge in [-0.3, -0.25) is 9.59 Å². The number of rotatable bonds is 7. The molecule has 3 aromatic carbocycles. The second-order valence-corrected chi connectivity index (χ2v) is 10.8. The molecule has 3 aromatic rings. The zero-order valence-electron chi connectivity index (χ0n) is 21.4. The number of thioether (sulfide) groups is 1. The molecule has 38 heavy (non-hydrogen) atoms. The van der Waals surface area contributed by atoms with Gasteiger partial charge in [-0.1, -0.05) is 67.1 Å². The van der Waals surface area contributed by atoms with Crippen molar-refractivity contribution in [1.82, 2.24) is 10.2 Å². The molecule has 5 nitrogen and oxygen atoms in total. The van der Waals surface area contributed by atoms with Crippen molar-refractivity contribution in [2.24, 2.45) is 0 Å². The van der Waals surface area contributed by atoms with Crippen LogP contribution in [0.4, 0.5) is 10.1 Å². The Labute approximate surface area is 227 Å². The van der Waals surface area contributed by atoms with E-state index in [0.717, 1.165) is 35.7 Å². The number of amides is 2. The Balaban J connectivity index is 1.37. The van der Waals surface area contributed by atoms with Crippen LogP contribution >= 0.6 is 11.8 Å². The molecular formula is C31H32FN3O2S. The van der Waals surface area contributed by atoms with Crippen molar-refractivity contribution in [2.75, 3.05) is 31.1 Å². The third kappa shape index (κ3) is 6.52. The van der Waals surface area contributed by atoms with Gasteiger partial charge in [0, 0.05) is 23.5 Å².